The number of rotatable bonds is 4. The van der Waals surface area contributed by atoms with E-state index in [-0.39, 0.29) is 6.04 Å². The first-order valence-corrected chi connectivity index (χ1v) is 8.51. The Morgan fingerprint density at radius 3 is 2.55 bits per heavy atom. The lowest BCUT2D eigenvalue weighted by atomic mass is 9.80. The van der Waals surface area contributed by atoms with E-state index in [9.17, 15) is 0 Å². The number of halogens is 3. The minimum absolute atomic E-state index is 0.186. The molecular formula is C16H22Cl3N. The van der Waals surface area contributed by atoms with E-state index in [2.05, 4.69) is 19.2 Å². The maximum absolute atomic E-state index is 6.29. The molecule has 0 amide bonds. The highest BCUT2D eigenvalue weighted by atomic mass is 35.5. The van der Waals surface area contributed by atoms with Crippen LogP contribution >= 0.6 is 34.8 Å². The Bertz CT molecular complexity index is 461. The average Bonchev–Trinajstić information content (AvgIpc) is 2.44. The van der Waals surface area contributed by atoms with Crippen molar-refractivity contribution in [2.24, 2.45) is 11.8 Å². The van der Waals surface area contributed by atoms with Gasteiger partial charge in [-0.1, -0.05) is 67.1 Å². The molecule has 0 saturated heterocycles. The third kappa shape index (κ3) is 3.82. The molecule has 1 fully saturated rings. The zero-order chi connectivity index (χ0) is 14.7. The standard InChI is InChI=1S/C16H22Cl3N/c1-10-5-3-4-6-12(10)9-20-11(2)13-7-8-14(17)16(19)15(13)18/h7-8,10-12,20H,3-6,9H2,1-2H3. The quantitative estimate of drug-likeness (QED) is 0.654. The summed E-state index contributed by atoms with van der Waals surface area (Å²) in [6.07, 6.45) is 5.43. The summed E-state index contributed by atoms with van der Waals surface area (Å²) in [6.45, 7) is 5.53. The molecular weight excluding hydrogens is 313 g/mol. The van der Waals surface area contributed by atoms with Crippen molar-refractivity contribution in [3.63, 3.8) is 0 Å². The van der Waals surface area contributed by atoms with Crippen LogP contribution in [0.2, 0.25) is 15.1 Å². The van der Waals surface area contributed by atoms with Gasteiger partial charge in [-0.25, -0.2) is 0 Å². The van der Waals surface area contributed by atoms with E-state index < -0.39 is 0 Å². The molecule has 0 spiro atoms. The van der Waals surface area contributed by atoms with E-state index in [1.54, 1.807) is 0 Å². The predicted molar refractivity (Wildman–Crippen MR) is 89.0 cm³/mol. The second-order valence-electron chi connectivity index (χ2n) is 5.92. The Morgan fingerprint density at radius 2 is 1.85 bits per heavy atom. The van der Waals surface area contributed by atoms with Crippen molar-refractivity contribution < 1.29 is 0 Å². The molecule has 3 atom stereocenters. The van der Waals surface area contributed by atoms with Gasteiger partial charge in [0, 0.05) is 6.04 Å². The van der Waals surface area contributed by atoms with E-state index in [0.717, 1.165) is 23.9 Å². The maximum atomic E-state index is 6.29. The summed E-state index contributed by atoms with van der Waals surface area (Å²) in [6, 6.07) is 3.96. The fourth-order valence-corrected chi connectivity index (χ4v) is 3.72. The molecule has 1 nitrogen and oxygen atoms in total. The Balaban J connectivity index is 1.98. The second-order valence-corrected chi connectivity index (χ2v) is 7.08. The molecule has 0 aromatic heterocycles. The first kappa shape index (κ1) is 16.4. The molecule has 112 valence electrons. The molecule has 0 bridgehead atoms. The van der Waals surface area contributed by atoms with Crippen LogP contribution in [-0.4, -0.2) is 6.54 Å². The van der Waals surface area contributed by atoms with E-state index in [0.29, 0.717) is 15.1 Å². The molecule has 20 heavy (non-hydrogen) atoms. The summed E-state index contributed by atoms with van der Waals surface area (Å²) < 4.78 is 0. The van der Waals surface area contributed by atoms with Crippen molar-refractivity contribution >= 4 is 34.8 Å². The van der Waals surface area contributed by atoms with Gasteiger partial charge in [-0.2, -0.15) is 0 Å². The Hall–Kier alpha value is 0.0500. The van der Waals surface area contributed by atoms with Gasteiger partial charge in [0.2, 0.25) is 0 Å². The van der Waals surface area contributed by atoms with Crippen LogP contribution in [0, 0.1) is 11.8 Å². The number of hydrogen-bond donors (Lipinski definition) is 1. The maximum Gasteiger partial charge on any atom is 0.0781 e. The van der Waals surface area contributed by atoms with Crippen LogP contribution in [0.1, 0.15) is 51.1 Å². The summed E-state index contributed by atoms with van der Waals surface area (Å²) >= 11 is 18.4. The second kappa shape index (κ2) is 7.35. The van der Waals surface area contributed by atoms with Crippen LogP contribution in [0.3, 0.4) is 0 Å². The van der Waals surface area contributed by atoms with Gasteiger partial charge in [0.25, 0.3) is 0 Å². The largest absolute Gasteiger partial charge is 0.310 e. The number of benzene rings is 1. The third-order valence-corrected chi connectivity index (χ3v) is 5.82. The van der Waals surface area contributed by atoms with Crippen molar-refractivity contribution in [3.8, 4) is 0 Å². The van der Waals surface area contributed by atoms with E-state index in [4.69, 9.17) is 34.8 Å². The van der Waals surface area contributed by atoms with Crippen LogP contribution in [0.5, 0.6) is 0 Å². The Labute approximate surface area is 137 Å². The predicted octanol–water partition coefficient (Wildman–Crippen LogP) is 6.12. The first-order valence-electron chi connectivity index (χ1n) is 7.37. The average molecular weight is 335 g/mol. The summed E-state index contributed by atoms with van der Waals surface area (Å²) in [4.78, 5) is 0. The fourth-order valence-electron chi connectivity index (χ4n) is 3.01. The SMILES string of the molecule is CC(NCC1CCCCC1C)c1ccc(Cl)c(Cl)c1Cl. The van der Waals surface area contributed by atoms with Crippen LogP contribution < -0.4 is 5.32 Å². The van der Waals surface area contributed by atoms with Gasteiger partial charge in [-0.3, -0.25) is 0 Å². The van der Waals surface area contributed by atoms with Gasteiger partial charge in [0.15, 0.2) is 0 Å². The smallest absolute Gasteiger partial charge is 0.0781 e. The highest BCUT2D eigenvalue weighted by Gasteiger charge is 2.22. The van der Waals surface area contributed by atoms with E-state index in [1.165, 1.54) is 25.7 Å². The molecule has 0 aliphatic heterocycles. The normalized spacial score (nSPS) is 24.6. The zero-order valence-corrected chi connectivity index (χ0v) is 14.3. The number of hydrogen-bond acceptors (Lipinski definition) is 1. The van der Waals surface area contributed by atoms with E-state index >= 15 is 0 Å². The van der Waals surface area contributed by atoms with Crippen LogP contribution in [0.4, 0.5) is 0 Å². The molecule has 1 aliphatic carbocycles. The molecule has 4 heteroatoms. The first-order chi connectivity index (χ1) is 9.50. The third-order valence-electron chi connectivity index (χ3n) is 4.51. The van der Waals surface area contributed by atoms with Crippen molar-refractivity contribution in [1.82, 2.24) is 5.32 Å². The molecule has 1 aliphatic rings. The number of nitrogens with one attached hydrogen (secondary N) is 1. The highest BCUT2D eigenvalue weighted by molar-refractivity contribution is 6.48. The van der Waals surface area contributed by atoms with Gasteiger partial charge in [0.05, 0.1) is 15.1 Å². The van der Waals surface area contributed by atoms with Gasteiger partial charge in [-0.05, 0) is 43.4 Å². The lowest BCUT2D eigenvalue weighted by molar-refractivity contribution is 0.242. The molecule has 1 aromatic rings. The highest BCUT2D eigenvalue weighted by Crippen LogP contribution is 2.36. The molecule has 0 heterocycles. The molecule has 1 aromatic carbocycles. The molecule has 2 rings (SSSR count). The van der Waals surface area contributed by atoms with E-state index in [1.807, 2.05) is 12.1 Å². The Kier molecular flexibility index (Phi) is 6.04. The summed E-state index contributed by atoms with van der Waals surface area (Å²) in [5.74, 6) is 1.58. The minimum atomic E-state index is 0.186. The van der Waals surface area contributed by atoms with Gasteiger partial charge in [0.1, 0.15) is 0 Å². The lowest BCUT2D eigenvalue weighted by Crippen LogP contribution is -2.31. The van der Waals surface area contributed by atoms with Crippen molar-refractivity contribution in [1.29, 1.82) is 0 Å². The van der Waals surface area contributed by atoms with Crippen LogP contribution in [-0.2, 0) is 0 Å². The summed E-state index contributed by atoms with van der Waals surface area (Å²) in [5.41, 5.74) is 1.02. The summed E-state index contributed by atoms with van der Waals surface area (Å²) in [5, 5.41) is 5.12. The molecule has 1 N–H and O–H groups in total. The van der Waals surface area contributed by atoms with Gasteiger partial charge < -0.3 is 5.32 Å². The van der Waals surface area contributed by atoms with Crippen molar-refractivity contribution in [3.05, 3.63) is 32.8 Å². The van der Waals surface area contributed by atoms with Crippen molar-refractivity contribution in [2.45, 2.75) is 45.6 Å². The van der Waals surface area contributed by atoms with Crippen LogP contribution in [0.25, 0.3) is 0 Å². The van der Waals surface area contributed by atoms with Gasteiger partial charge in [-0.15, -0.1) is 0 Å². The molecule has 1 saturated carbocycles. The topological polar surface area (TPSA) is 12.0 Å². The zero-order valence-electron chi connectivity index (χ0n) is 12.1. The van der Waals surface area contributed by atoms with Gasteiger partial charge >= 0.3 is 0 Å². The fraction of sp³-hybridized carbons (Fsp3) is 0.625. The summed E-state index contributed by atoms with van der Waals surface area (Å²) in [7, 11) is 0. The molecule has 3 unspecified atom stereocenters. The lowest BCUT2D eigenvalue weighted by Gasteiger charge is -2.30. The monoisotopic (exact) mass is 333 g/mol. The minimum Gasteiger partial charge on any atom is -0.310 e. The Morgan fingerprint density at radius 1 is 1.15 bits per heavy atom. The van der Waals surface area contributed by atoms with Crippen molar-refractivity contribution in [2.75, 3.05) is 6.54 Å². The van der Waals surface area contributed by atoms with Crippen LogP contribution in [0.15, 0.2) is 12.1 Å². The molecule has 0 radical (unpaired) electrons.